The molecule has 2 unspecified atom stereocenters. The summed E-state index contributed by atoms with van der Waals surface area (Å²) >= 11 is 0. The summed E-state index contributed by atoms with van der Waals surface area (Å²) in [4.78, 5) is 6.07. The number of aromatic nitrogens is 1. The zero-order valence-electron chi connectivity index (χ0n) is 9.82. The second kappa shape index (κ2) is 5.00. The van der Waals surface area contributed by atoms with Crippen LogP contribution < -0.4 is 4.90 Å². The number of rotatable bonds is 3. The van der Waals surface area contributed by atoms with Crippen molar-refractivity contribution in [3.8, 4) is 0 Å². The smallest absolute Gasteiger partial charge is 0.0990 e. The summed E-state index contributed by atoms with van der Waals surface area (Å²) in [6, 6.07) is 3.63. The van der Waals surface area contributed by atoms with E-state index in [1.54, 1.807) is 12.3 Å². The molecule has 5 nitrogen and oxygen atoms in total. The molecule has 17 heavy (non-hydrogen) atoms. The van der Waals surface area contributed by atoms with Crippen LogP contribution in [0.4, 0.5) is 5.69 Å². The van der Waals surface area contributed by atoms with Crippen LogP contribution in [0.3, 0.4) is 0 Å². The first-order chi connectivity index (χ1) is 8.11. The Kier molecular flexibility index (Phi) is 3.61. The van der Waals surface area contributed by atoms with Crippen LogP contribution in [0.5, 0.6) is 0 Å². The summed E-state index contributed by atoms with van der Waals surface area (Å²) in [6.07, 6.45) is 0.373. The number of pyridine rings is 1. The van der Waals surface area contributed by atoms with Gasteiger partial charge < -0.3 is 20.2 Å². The molecule has 1 fully saturated rings. The van der Waals surface area contributed by atoms with E-state index < -0.39 is 18.3 Å². The molecule has 0 aliphatic carbocycles. The Hall–Kier alpha value is -1.17. The van der Waals surface area contributed by atoms with Gasteiger partial charge in [-0.3, -0.25) is 4.98 Å². The molecule has 1 saturated heterocycles. The van der Waals surface area contributed by atoms with Crippen LogP contribution in [0.2, 0.25) is 0 Å². The maximum absolute atomic E-state index is 9.61. The van der Waals surface area contributed by atoms with Crippen molar-refractivity contribution in [3.63, 3.8) is 0 Å². The molecule has 0 saturated carbocycles. The first kappa shape index (κ1) is 12.3. The molecule has 0 spiro atoms. The van der Waals surface area contributed by atoms with Gasteiger partial charge in [0.15, 0.2) is 0 Å². The van der Waals surface area contributed by atoms with Gasteiger partial charge in [-0.25, -0.2) is 0 Å². The van der Waals surface area contributed by atoms with Gasteiger partial charge in [-0.2, -0.15) is 0 Å². The quantitative estimate of drug-likeness (QED) is 0.694. The van der Waals surface area contributed by atoms with Crippen LogP contribution in [0.15, 0.2) is 18.3 Å². The molecule has 3 N–H and O–H groups in total. The van der Waals surface area contributed by atoms with Gasteiger partial charge in [0.1, 0.15) is 0 Å². The molecule has 1 aromatic rings. The van der Waals surface area contributed by atoms with Gasteiger partial charge in [0.05, 0.1) is 35.9 Å². The van der Waals surface area contributed by atoms with Crippen molar-refractivity contribution in [2.24, 2.45) is 0 Å². The Morgan fingerprint density at radius 1 is 1.35 bits per heavy atom. The lowest BCUT2D eigenvalue weighted by molar-refractivity contribution is 0.0572. The van der Waals surface area contributed by atoms with E-state index >= 15 is 0 Å². The molecule has 1 aliphatic rings. The molecule has 1 aromatic heterocycles. The first-order valence-electron chi connectivity index (χ1n) is 5.87. The molecule has 0 bridgehead atoms. The molecular formula is C12H18N2O3. The second-order valence-corrected chi connectivity index (χ2v) is 4.40. The van der Waals surface area contributed by atoms with Crippen molar-refractivity contribution in [2.45, 2.75) is 31.7 Å². The van der Waals surface area contributed by atoms with Gasteiger partial charge in [0.25, 0.3) is 0 Å². The fourth-order valence-electron chi connectivity index (χ4n) is 1.97. The Labute approximate surface area is 100 Å². The van der Waals surface area contributed by atoms with Crippen LogP contribution in [-0.4, -0.2) is 45.6 Å². The van der Waals surface area contributed by atoms with Crippen LogP contribution in [0.1, 0.15) is 25.1 Å². The summed E-state index contributed by atoms with van der Waals surface area (Å²) in [6.45, 7) is 2.73. The Morgan fingerprint density at radius 2 is 2.00 bits per heavy atom. The fourth-order valence-corrected chi connectivity index (χ4v) is 1.97. The van der Waals surface area contributed by atoms with Gasteiger partial charge >= 0.3 is 0 Å². The van der Waals surface area contributed by atoms with Gasteiger partial charge in [0, 0.05) is 13.1 Å². The Bertz CT molecular complexity index is 359. The van der Waals surface area contributed by atoms with Crippen molar-refractivity contribution >= 4 is 5.69 Å². The predicted molar refractivity (Wildman–Crippen MR) is 63.7 cm³/mol. The maximum Gasteiger partial charge on any atom is 0.0990 e. The van der Waals surface area contributed by atoms with Gasteiger partial charge in [-0.15, -0.1) is 0 Å². The molecule has 0 amide bonds. The van der Waals surface area contributed by atoms with E-state index in [0.29, 0.717) is 25.2 Å². The molecule has 0 aromatic carbocycles. The van der Waals surface area contributed by atoms with Crippen LogP contribution in [0, 0.1) is 0 Å². The Morgan fingerprint density at radius 3 is 2.47 bits per heavy atom. The average Bonchev–Trinajstić information content (AvgIpc) is 2.69. The van der Waals surface area contributed by atoms with Gasteiger partial charge in [-0.1, -0.05) is 6.92 Å². The highest BCUT2D eigenvalue weighted by molar-refractivity contribution is 5.46. The highest BCUT2D eigenvalue weighted by atomic mass is 16.3. The molecule has 0 radical (unpaired) electrons. The van der Waals surface area contributed by atoms with Crippen molar-refractivity contribution in [3.05, 3.63) is 24.0 Å². The van der Waals surface area contributed by atoms with E-state index in [-0.39, 0.29) is 0 Å². The minimum atomic E-state index is -0.698. The van der Waals surface area contributed by atoms with E-state index in [9.17, 15) is 15.3 Å². The van der Waals surface area contributed by atoms with Crippen LogP contribution >= 0.6 is 0 Å². The van der Waals surface area contributed by atoms with Crippen molar-refractivity contribution in [1.29, 1.82) is 0 Å². The molecule has 3 atom stereocenters. The zero-order chi connectivity index (χ0) is 12.4. The molecule has 2 rings (SSSR count). The number of anilines is 1. The third kappa shape index (κ3) is 2.57. The normalized spacial score (nSPS) is 26.2. The minimum absolute atomic E-state index is 0.415. The third-order valence-corrected chi connectivity index (χ3v) is 3.12. The van der Waals surface area contributed by atoms with Crippen LogP contribution in [-0.2, 0) is 0 Å². The Balaban J connectivity index is 2.08. The van der Waals surface area contributed by atoms with E-state index in [1.165, 1.54) is 0 Å². The molecule has 1 aliphatic heterocycles. The molecule has 5 heteroatoms. The van der Waals surface area contributed by atoms with E-state index in [1.807, 2.05) is 17.9 Å². The van der Waals surface area contributed by atoms with Crippen molar-refractivity contribution in [2.75, 3.05) is 18.0 Å². The van der Waals surface area contributed by atoms with Crippen molar-refractivity contribution < 1.29 is 15.3 Å². The predicted octanol–water partition coefficient (Wildman–Crippen LogP) is 0.0668. The molecule has 2 heterocycles. The summed E-state index contributed by atoms with van der Waals surface area (Å²) in [5, 5.41) is 28.5. The van der Waals surface area contributed by atoms with E-state index in [4.69, 9.17) is 0 Å². The topological polar surface area (TPSA) is 76.8 Å². The lowest BCUT2D eigenvalue weighted by atomic mass is 10.2. The zero-order valence-corrected chi connectivity index (χ0v) is 9.82. The largest absolute Gasteiger partial charge is 0.389 e. The van der Waals surface area contributed by atoms with E-state index in [0.717, 1.165) is 5.69 Å². The standard InChI is InChI=1S/C12H18N2O3/c1-2-10(15)9-4-3-8(5-13-9)14-6-11(16)12(17)7-14/h3-5,10-12,15-17H,2,6-7H2,1H3/t10-,11?,12?/m1/s1. The number of hydrogen-bond donors (Lipinski definition) is 3. The van der Waals surface area contributed by atoms with E-state index in [2.05, 4.69) is 4.98 Å². The van der Waals surface area contributed by atoms with Gasteiger partial charge in [0.2, 0.25) is 0 Å². The molecule has 94 valence electrons. The fraction of sp³-hybridized carbons (Fsp3) is 0.583. The lowest BCUT2D eigenvalue weighted by Crippen LogP contribution is -2.22. The number of hydrogen-bond acceptors (Lipinski definition) is 5. The minimum Gasteiger partial charge on any atom is -0.389 e. The average molecular weight is 238 g/mol. The summed E-state index contributed by atoms with van der Waals surface area (Å²) < 4.78 is 0. The first-order valence-corrected chi connectivity index (χ1v) is 5.87. The summed E-state index contributed by atoms with van der Waals surface area (Å²) in [5.74, 6) is 0. The molecular weight excluding hydrogens is 220 g/mol. The van der Waals surface area contributed by atoms with Crippen molar-refractivity contribution in [1.82, 2.24) is 4.98 Å². The monoisotopic (exact) mass is 238 g/mol. The third-order valence-electron chi connectivity index (χ3n) is 3.12. The highest BCUT2D eigenvalue weighted by Gasteiger charge is 2.29. The maximum atomic E-state index is 9.61. The van der Waals surface area contributed by atoms with Crippen LogP contribution in [0.25, 0.3) is 0 Å². The lowest BCUT2D eigenvalue weighted by Gasteiger charge is -2.17. The number of aliphatic hydroxyl groups excluding tert-OH is 3. The SMILES string of the molecule is CC[C@@H](O)c1ccc(N2CC(O)C(O)C2)cn1. The van der Waals surface area contributed by atoms with Gasteiger partial charge in [-0.05, 0) is 18.6 Å². The number of nitrogens with zero attached hydrogens (tertiary/aromatic N) is 2. The highest BCUT2D eigenvalue weighted by Crippen LogP contribution is 2.22. The summed E-state index contributed by atoms with van der Waals surface area (Å²) in [5.41, 5.74) is 1.50. The second-order valence-electron chi connectivity index (χ2n) is 4.40. The number of β-amino-alcohol motifs (C(OH)–C–C–N with tert-alkyl or cyclic N) is 2. The number of aliphatic hydroxyl groups is 3. The summed E-state index contributed by atoms with van der Waals surface area (Å²) in [7, 11) is 0.